The Morgan fingerprint density at radius 1 is 1.10 bits per heavy atom. The Bertz CT molecular complexity index is 343. The molecular formula is C17H34N2O. The summed E-state index contributed by atoms with van der Waals surface area (Å²) < 4.78 is 0. The normalized spacial score (nSPS) is 32.0. The molecule has 20 heavy (non-hydrogen) atoms. The van der Waals surface area contributed by atoms with Crippen molar-refractivity contribution in [1.82, 2.24) is 5.32 Å². The highest BCUT2D eigenvalue weighted by Gasteiger charge is 2.37. The maximum atomic E-state index is 12.6. The number of hydrogen-bond donors (Lipinski definition) is 2. The van der Waals surface area contributed by atoms with Crippen molar-refractivity contribution in [2.45, 2.75) is 79.3 Å². The van der Waals surface area contributed by atoms with E-state index >= 15 is 0 Å². The second-order valence-electron chi connectivity index (χ2n) is 8.81. The smallest absolute Gasteiger partial charge is 0.223 e. The number of carbonyl (C=O) groups excluding carboxylic acids is 1. The molecule has 0 aromatic carbocycles. The van der Waals surface area contributed by atoms with Crippen molar-refractivity contribution in [3.05, 3.63) is 0 Å². The summed E-state index contributed by atoms with van der Waals surface area (Å²) in [5.41, 5.74) is 6.20. The Balaban J connectivity index is 2.66. The molecule has 3 heteroatoms. The number of amides is 1. The molecule has 0 aromatic heterocycles. The highest BCUT2D eigenvalue weighted by molar-refractivity contribution is 5.79. The second kappa shape index (κ2) is 6.05. The molecule has 1 aliphatic rings. The van der Waals surface area contributed by atoms with Crippen LogP contribution in [-0.2, 0) is 4.79 Å². The van der Waals surface area contributed by atoms with Crippen LogP contribution in [0.25, 0.3) is 0 Å². The first-order chi connectivity index (χ1) is 8.91. The van der Waals surface area contributed by atoms with Gasteiger partial charge in [0, 0.05) is 17.5 Å². The summed E-state index contributed by atoms with van der Waals surface area (Å²) in [5, 5.41) is 3.25. The molecule has 0 saturated heterocycles. The van der Waals surface area contributed by atoms with Crippen molar-refractivity contribution in [3.8, 4) is 0 Å². The van der Waals surface area contributed by atoms with Crippen LogP contribution in [0.1, 0.15) is 67.7 Å². The Labute approximate surface area is 125 Å². The van der Waals surface area contributed by atoms with Gasteiger partial charge in [0.15, 0.2) is 0 Å². The van der Waals surface area contributed by atoms with Crippen molar-refractivity contribution in [2.75, 3.05) is 0 Å². The summed E-state index contributed by atoms with van der Waals surface area (Å²) >= 11 is 0. The summed E-state index contributed by atoms with van der Waals surface area (Å²) in [6, 6.07) is 0.160. The van der Waals surface area contributed by atoms with E-state index in [9.17, 15) is 4.79 Å². The van der Waals surface area contributed by atoms with E-state index in [-0.39, 0.29) is 28.8 Å². The molecule has 0 radical (unpaired) electrons. The van der Waals surface area contributed by atoms with Gasteiger partial charge < -0.3 is 11.1 Å². The molecule has 0 bridgehead atoms. The first kappa shape index (κ1) is 17.5. The summed E-state index contributed by atoms with van der Waals surface area (Å²) in [7, 11) is 0. The molecule has 118 valence electrons. The molecule has 0 aromatic rings. The van der Waals surface area contributed by atoms with E-state index in [1.165, 1.54) is 0 Å². The molecule has 1 saturated carbocycles. The largest absolute Gasteiger partial charge is 0.351 e. The minimum Gasteiger partial charge on any atom is -0.351 e. The van der Waals surface area contributed by atoms with Gasteiger partial charge in [-0.2, -0.15) is 0 Å². The van der Waals surface area contributed by atoms with Gasteiger partial charge in [0.1, 0.15) is 0 Å². The molecule has 1 amide bonds. The molecule has 1 fully saturated rings. The van der Waals surface area contributed by atoms with Crippen molar-refractivity contribution < 1.29 is 4.79 Å². The lowest BCUT2D eigenvalue weighted by Gasteiger charge is -2.39. The minimum absolute atomic E-state index is 0.0699. The molecular weight excluding hydrogens is 248 g/mol. The third kappa shape index (κ3) is 5.08. The number of nitrogens with two attached hydrogens (primary N) is 1. The number of hydrogen-bond acceptors (Lipinski definition) is 2. The first-order valence-corrected chi connectivity index (χ1v) is 7.99. The maximum Gasteiger partial charge on any atom is 0.223 e. The maximum absolute atomic E-state index is 12.6. The van der Waals surface area contributed by atoms with Crippen LogP contribution < -0.4 is 11.1 Å². The van der Waals surface area contributed by atoms with Crippen LogP contribution in [0.3, 0.4) is 0 Å². The van der Waals surface area contributed by atoms with E-state index in [0.29, 0.717) is 11.8 Å². The van der Waals surface area contributed by atoms with Crippen LogP contribution in [0, 0.1) is 23.2 Å². The zero-order valence-electron chi connectivity index (χ0n) is 14.4. The minimum atomic E-state index is -0.164. The fourth-order valence-electron chi connectivity index (χ4n) is 3.85. The third-order valence-corrected chi connectivity index (χ3v) is 4.46. The molecule has 3 nitrogen and oxygen atoms in total. The molecule has 4 atom stereocenters. The zero-order valence-corrected chi connectivity index (χ0v) is 14.4. The number of nitrogens with one attached hydrogen (secondary N) is 1. The van der Waals surface area contributed by atoms with Gasteiger partial charge in [-0.1, -0.05) is 34.6 Å². The van der Waals surface area contributed by atoms with Gasteiger partial charge in [-0.15, -0.1) is 0 Å². The zero-order chi connectivity index (χ0) is 15.7. The average molecular weight is 282 g/mol. The monoisotopic (exact) mass is 282 g/mol. The van der Waals surface area contributed by atoms with Gasteiger partial charge in [-0.25, -0.2) is 0 Å². The Morgan fingerprint density at radius 3 is 2.15 bits per heavy atom. The van der Waals surface area contributed by atoms with Crippen LogP contribution in [0.4, 0.5) is 0 Å². The predicted octanol–water partition coefficient (Wildman–Crippen LogP) is 3.33. The van der Waals surface area contributed by atoms with Gasteiger partial charge in [-0.05, 0) is 50.4 Å². The second-order valence-corrected chi connectivity index (χ2v) is 8.81. The Hall–Kier alpha value is -0.570. The lowest BCUT2D eigenvalue weighted by molar-refractivity contribution is -0.130. The summed E-state index contributed by atoms with van der Waals surface area (Å²) in [6.07, 6.45) is 2.84. The summed E-state index contributed by atoms with van der Waals surface area (Å²) in [5.74, 6) is 1.21. The quantitative estimate of drug-likeness (QED) is 0.834. The number of carbonyl (C=O) groups is 1. The van der Waals surface area contributed by atoms with Crippen molar-refractivity contribution in [3.63, 3.8) is 0 Å². The van der Waals surface area contributed by atoms with Gasteiger partial charge in [0.2, 0.25) is 5.91 Å². The van der Waals surface area contributed by atoms with Crippen LogP contribution in [-0.4, -0.2) is 17.5 Å². The topological polar surface area (TPSA) is 55.1 Å². The molecule has 0 spiro atoms. The van der Waals surface area contributed by atoms with Crippen LogP contribution >= 0.6 is 0 Å². The Kier molecular flexibility index (Phi) is 5.29. The van der Waals surface area contributed by atoms with E-state index < -0.39 is 0 Å². The molecule has 0 heterocycles. The molecule has 0 aliphatic heterocycles. The van der Waals surface area contributed by atoms with Crippen LogP contribution in [0.5, 0.6) is 0 Å². The SMILES string of the molecule is CC1CC(C)C(C(=O)NC(C)(C)CC(C)(C)C)CC1N. The van der Waals surface area contributed by atoms with Gasteiger partial charge >= 0.3 is 0 Å². The van der Waals surface area contributed by atoms with E-state index in [1.54, 1.807) is 0 Å². The molecule has 1 rings (SSSR count). The van der Waals surface area contributed by atoms with E-state index in [0.717, 1.165) is 19.3 Å². The van der Waals surface area contributed by atoms with Gasteiger partial charge in [-0.3, -0.25) is 4.79 Å². The highest BCUT2D eigenvalue weighted by Crippen LogP contribution is 2.34. The van der Waals surface area contributed by atoms with Crippen LogP contribution in [0.15, 0.2) is 0 Å². The predicted molar refractivity (Wildman–Crippen MR) is 85.3 cm³/mol. The lowest BCUT2D eigenvalue weighted by atomic mass is 9.72. The van der Waals surface area contributed by atoms with E-state index in [4.69, 9.17) is 5.73 Å². The van der Waals surface area contributed by atoms with E-state index in [2.05, 4.69) is 53.8 Å². The summed E-state index contributed by atoms with van der Waals surface area (Å²) in [6.45, 7) is 15.2. The molecule has 4 unspecified atom stereocenters. The molecule has 1 aliphatic carbocycles. The van der Waals surface area contributed by atoms with Crippen molar-refractivity contribution in [2.24, 2.45) is 28.9 Å². The number of rotatable bonds is 3. The lowest BCUT2D eigenvalue weighted by Crippen LogP contribution is -2.52. The summed E-state index contributed by atoms with van der Waals surface area (Å²) in [4.78, 5) is 12.6. The van der Waals surface area contributed by atoms with Crippen molar-refractivity contribution in [1.29, 1.82) is 0 Å². The van der Waals surface area contributed by atoms with Gasteiger partial charge in [0.05, 0.1) is 0 Å². The standard InChI is InChI=1S/C17H34N2O/c1-11-8-12(2)14(18)9-13(11)15(20)19-17(6,7)10-16(3,4)5/h11-14H,8-10,18H2,1-7H3,(H,19,20). The third-order valence-electron chi connectivity index (χ3n) is 4.46. The fourth-order valence-corrected chi connectivity index (χ4v) is 3.85. The van der Waals surface area contributed by atoms with Gasteiger partial charge in [0.25, 0.3) is 0 Å². The molecule has 3 N–H and O–H groups in total. The average Bonchev–Trinajstić information content (AvgIpc) is 2.18. The fraction of sp³-hybridized carbons (Fsp3) is 0.941. The Morgan fingerprint density at radius 2 is 1.65 bits per heavy atom. The highest BCUT2D eigenvalue weighted by atomic mass is 16.2. The van der Waals surface area contributed by atoms with Crippen LogP contribution in [0.2, 0.25) is 0 Å². The van der Waals surface area contributed by atoms with Crippen molar-refractivity contribution >= 4 is 5.91 Å². The van der Waals surface area contributed by atoms with E-state index in [1.807, 2.05) is 0 Å². The first-order valence-electron chi connectivity index (χ1n) is 7.99.